The van der Waals surface area contributed by atoms with Crippen LogP contribution in [0.3, 0.4) is 0 Å². The minimum atomic E-state index is -0.347. The van der Waals surface area contributed by atoms with Crippen LogP contribution in [0.1, 0.15) is 41.2 Å². The van der Waals surface area contributed by atoms with Gasteiger partial charge < -0.3 is 4.74 Å². The van der Waals surface area contributed by atoms with Crippen LogP contribution in [0.25, 0.3) is 16.6 Å². The molecule has 124 valence electrons. The summed E-state index contributed by atoms with van der Waals surface area (Å²) in [5.74, 6) is -0.347. The average molecular weight is 323 g/mol. The quantitative estimate of drug-likeness (QED) is 0.686. The van der Waals surface area contributed by atoms with Crippen LogP contribution in [-0.2, 0) is 11.2 Å². The van der Waals surface area contributed by atoms with E-state index in [4.69, 9.17) is 4.74 Å². The van der Waals surface area contributed by atoms with E-state index in [1.165, 1.54) is 0 Å². The van der Waals surface area contributed by atoms with Gasteiger partial charge in [0.05, 0.1) is 23.4 Å². The molecule has 0 spiro atoms. The Hall–Kier alpha value is -2.69. The SMILES string of the molecule is CCOC(=O)c1c(C)nn2c(CC)ccc2c1-c1cncc(C)c1. The number of ether oxygens (including phenoxy) is 1. The van der Waals surface area contributed by atoms with Crippen molar-refractivity contribution >= 4 is 11.5 Å². The Kier molecular flexibility index (Phi) is 4.34. The third-order valence-electron chi connectivity index (χ3n) is 4.06. The number of hydrogen-bond donors (Lipinski definition) is 0. The summed E-state index contributed by atoms with van der Waals surface area (Å²) in [7, 11) is 0. The minimum absolute atomic E-state index is 0.330. The Balaban J connectivity index is 2.39. The fourth-order valence-corrected chi connectivity index (χ4v) is 2.99. The van der Waals surface area contributed by atoms with Gasteiger partial charge in [0.15, 0.2) is 0 Å². The third kappa shape index (κ3) is 2.66. The van der Waals surface area contributed by atoms with Gasteiger partial charge in [-0.15, -0.1) is 0 Å². The number of pyridine rings is 1. The van der Waals surface area contributed by atoms with E-state index in [9.17, 15) is 4.79 Å². The zero-order valence-electron chi connectivity index (χ0n) is 14.5. The van der Waals surface area contributed by atoms with Crippen LogP contribution >= 0.6 is 0 Å². The first-order valence-electron chi connectivity index (χ1n) is 8.17. The smallest absolute Gasteiger partial charge is 0.340 e. The van der Waals surface area contributed by atoms with Crippen LogP contribution in [0.2, 0.25) is 0 Å². The highest BCUT2D eigenvalue weighted by molar-refractivity contribution is 6.02. The van der Waals surface area contributed by atoms with Gasteiger partial charge in [-0.05, 0) is 51.0 Å². The summed E-state index contributed by atoms with van der Waals surface area (Å²) < 4.78 is 7.19. The van der Waals surface area contributed by atoms with Crippen LogP contribution in [0.15, 0.2) is 30.6 Å². The first kappa shape index (κ1) is 16.2. The Bertz CT molecular complexity index is 912. The summed E-state index contributed by atoms with van der Waals surface area (Å²) in [5, 5.41) is 4.61. The summed E-state index contributed by atoms with van der Waals surface area (Å²) in [6.07, 6.45) is 4.45. The average Bonchev–Trinajstić information content (AvgIpc) is 2.96. The van der Waals surface area contributed by atoms with E-state index < -0.39 is 0 Å². The maximum atomic E-state index is 12.6. The van der Waals surface area contributed by atoms with Gasteiger partial charge in [0.2, 0.25) is 0 Å². The number of aryl methyl sites for hydroxylation is 3. The summed E-state index contributed by atoms with van der Waals surface area (Å²) in [6.45, 7) is 8.06. The Morgan fingerprint density at radius 3 is 2.67 bits per heavy atom. The van der Waals surface area contributed by atoms with Gasteiger partial charge in [-0.3, -0.25) is 4.98 Å². The molecule has 0 aliphatic heterocycles. The van der Waals surface area contributed by atoms with Crippen molar-refractivity contribution in [3.63, 3.8) is 0 Å². The predicted molar refractivity (Wildman–Crippen MR) is 93.2 cm³/mol. The van der Waals surface area contributed by atoms with E-state index >= 15 is 0 Å². The number of nitrogens with zero attached hydrogens (tertiary/aromatic N) is 3. The zero-order chi connectivity index (χ0) is 17.3. The van der Waals surface area contributed by atoms with Crippen molar-refractivity contribution in [3.8, 4) is 11.1 Å². The largest absolute Gasteiger partial charge is 0.462 e. The van der Waals surface area contributed by atoms with Gasteiger partial charge in [-0.1, -0.05) is 6.92 Å². The Morgan fingerprint density at radius 2 is 2.00 bits per heavy atom. The number of carbonyl (C=O) groups is 1. The van der Waals surface area contributed by atoms with Gasteiger partial charge in [0.1, 0.15) is 0 Å². The lowest BCUT2D eigenvalue weighted by atomic mass is 9.99. The molecule has 0 saturated heterocycles. The molecule has 0 saturated carbocycles. The van der Waals surface area contributed by atoms with Crippen molar-refractivity contribution in [2.75, 3.05) is 6.61 Å². The number of esters is 1. The zero-order valence-corrected chi connectivity index (χ0v) is 14.5. The molecular weight excluding hydrogens is 302 g/mol. The van der Waals surface area contributed by atoms with Crippen molar-refractivity contribution in [3.05, 3.63) is 53.1 Å². The van der Waals surface area contributed by atoms with E-state index in [2.05, 4.69) is 17.0 Å². The van der Waals surface area contributed by atoms with E-state index in [-0.39, 0.29) is 5.97 Å². The molecule has 3 rings (SSSR count). The van der Waals surface area contributed by atoms with E-state index in [1.54, 1.807) is 19.3 Å². The second-order valence-corrected chi connectivity index (χ2v) is 5.78. The second-order valence-electron chi connectivity index (χ2n) is 5.78. The lowest BCUT2D eigenvalue weighted by molar-refractivity contribution is 0.0525. The normalized spacial score (nSPS) is 11.0. The number of hydrogen-bond acceptors (Lipinski definition) is 4. The molecule has 5 nitrogen and oxygen atoms in total. The highest BCUT2D eigenvalue weighted by Gasteiger charge is 2.23. The number of aromatic nitrogens is 3. The Morgan fingerprint density at radius 1 is 1.21 bits per heavy atom. The molecule has 0 aliphatic carbocycles. The summed E-state index contributed by atoms with van der Waals surface area (Å²) >= 11 is 0. The topological polar surface area (TPSA) is 56.5 Å². The van der Waals surface area contributed by atoms with Crippen LogP contribution < -0.4 is 0 Å². The molecule has 0 amide bonds. The summed E-state index contributed by atoms with van der Waals surface area (Å²) in [4.78, 5) is 16.9. The third-order valence-corrected chi connectivity index (χ3v) is 4.06. The molecule has 0 fully saturated rings. The second kappa shape index (κ2) is 6.43. The maximum absolute atomic E-state index is 12.6. The summed E-state index contributed by atoms with van der Waals surface area (Å²) in [6, 6.07) is 6.08. The van der Waals surface area contributed by atoms with Crippen LogP contribution in [0.5, 0.6) is 0 Å². The monoisotopic (exact) mass is 323 g/mol. The fourth-order valence-electron chi connectivity index (χ4n) is 2.99. The number of fused-ring (bicyclic) bond motifs is 1. The molecule has 3 aromatic heterocycles. The molecule has 0 N–H and O–H groups in total. The highest BCUT2D eigenvalue weighted by atomic mass is 16.5. The van der Waals surface area contributed by atoms with Crippen molar-refractivity contribution < 1.29 is 9.53 Å². The maximum Gasteiger partial charge on any atom is 0.340 e. The highest BCUT2D eigenvalue weighted by Crippen LogP contribution is 2.32. The molecule has 0 aliphatic rings. The van der Waals surface area contributed by atoms with E-state index in [1.807, 2.05) is 36.6 Å². The standard InChI is InChI=1S/C19H21N3O2/c1-5-15-7-8-16-18(14-9-12(3)10-20-11-14)17(19(23)24-6-2)13(4)21-22(15)16/h7-11H,5-6H2,1-4H3. The first-order chi connectivity index (χ1) is 11.6. The molecule has 5 heteroatoms. The van der Waals surface area contributed by atoms with Gasteiger partial charge in [-0.25, -0.2) is 9.31 Å². The van der Waals surface area contributed by atoms with Gasteiger partial charge in [0, 0.05) is 29.2 Å². The molecule has 24 heavy (non-hydrogen) atoms. The van der Waals surface area contributed by atoms with Gasteiger partial charge in [-0.2, -0.15) is 5.10 Å². The summed E-state index contributed by atoms with van der Waals surface area (Å²) in [5.41, 5.74) is 5.93. The molecule has 0 atom stereocenters. The number of rotatable bonds is 4. The first-order valence-corrected chi connectivity index (χ1v) is 8.17. The number of carbonyl (C=O) groups excluding carboxylic acids is 1. The predicted octanol–water partition coefficient (Wildman–Crippen LogP) is 3.75. The van der Waals surface area contributed by atoms with Gasteiger partial charge >= 0.3 is 5.97 Å². The van der Waals surface area contributed by atoms with Crippen LogP contribution in [0.4, 0.5) is 0 Å². The van der Waals surface area contributed by atoms with Crippen LogP contribution in [0, 0.1) is 13.8 Å². The lowest BCUT2D eigenvalue weighted by Gasteiger charge is -2.14. The molecule has 0 radical (unpaired) electrons. The van der Waals surface area contributed by atoms with Gasteiger partial charge in [0.25, 0.3) is 0 Å². The molecule has 0 unspecified atom stereocenters. The van der Waals surface area contributed by atoms with Crippen LogP contribution in [-0.4, -0.2) is 27.2 Å². The molecular formula is C19H21N3O2. The minimum Gasteiger partial charge on any atom is -0.462 e. The Labute approximate surface area is 141 Å². The van der Waals surface area contributed by atoms with Crippen molar-refractivity contribution in [2.45, 2.75) is 34.1 Å². The fraction of sp³-hybridized carbons (Fsp3) is 0.316. The molecule has 0 bridgehead atoms. The molecule has 3 heterocycles. The van der Waals surface area contributed by atoms with E-state index in [0.29, 0.717) is 17.9 Å². The molecule has 3 aromatic rings. The van der Waals surface area contributed by atoms with Crippen molar-refractivity contribution in [1.29, 1.82) is 0 Å². The van der Waals surface area contributed by atoms with E-state index in [0.717, 1.165) is 34.3 Å². The molecule has 0 aromatic carbocycles. The van der Waals surface area contributed by atoms with Crippen molar-refractivity contribution in [1.82, 2.24) is 14.6 Å². The lowest BCUT2D eigenvalue weighted by Crippen LogP contribution is -2.13. The van der Waals surface area contributed by atoms with Crippen molar-refractivity contribution in [2.24, 2.45) is 0 Å².